The van der Waals surface area contributed by atoms with Gasteiger partial charge in [-0.1, -0.05) is 26.0 Å². The zero-order chi connectivity index (χ0) is 23.8. The Hall–Kier alpha value is -2.41. The number of hydrogen-bond acceptors (Lipinski definition) is 5. The second-order valence-corrected chi connectivity index (χ2v) is 10.5. The fraction of sp³-hybridized carbons (Fsp3) is 0.654. The molecule has 0 bridgehead atoms. The fourth-order valence-corrected chi connectivity index (χ4v) is 5.47. The quantitative estimate of drug-likeness (QED) is 0.536. The van der Waals surface area contributed by atoms with Gasteiger partial charge >= 0.3 is 0 Å². The zero-order valence-electron chi connectivity index (χ0n) is 20.4. The van der Waals surface area contributed by atoms with Gasteiger partial charge in [-0.2, -0.15) is 0 Å². The van der Waals surface area contributed by atoms with Crippen molar-refractivity contribution in [3.63, 3.8) is 0 Å². The van der Waals surface area contributed by atoms with Crippen LogP contribution in [0.3, 0.4) is 0 Å². The van der Waals surface area contributed by atoms with Crippen molar-refractivity contribution >= 4 is 17.7 Å². The molecule has 2 saturated heterocycles. The number of hydrogen-bond donors (Lipinski definition) is 0. The van der Waals surface area contributed by atoms with Crippen molar-refractivity contribution in [1.29, 1.82) is 0 Å². The second-order valence-electron chi connectivity index (χ2n) is 10.5. The third-order valence-corrected chi connectivity index (χ3v) is 7.31. The predicted molar refractivity (Wildman–Crippen MR) is 126 cm³/mol. The molecule has 3 fully saturated rings. The number of likely N-dealkylation sites (tertiary alicyclic amines) is 2. The summed E-state index contributed by atoms with van der Waals surface area (Å²) in [6.07, 6.45) is 2.88. The lowest BCUT2D eigenvalue weighted by molar-refractivity contribution is -0.143. The third kappa shape index (κ3) is 4.93. The molecule has 1 aromatic rings. The van der Waals surface area contributed by atoms with Crippen LogP contribution in [0.25, 0.3) is 0 Å². The van der Waals surface area contributed by atoms with Gasteiger partial charge in [0.05, 0.1) is 12.5 Å². The molecule has 1 aliphatic carbocycles. The number of imide groups is 1. The molecule has 2 aliphatic heterocycles. The smallest absolute Gasteiger partial charge is 0.241 e. The van der Waals surface area contributed by atoms with Crippen molar-refractivity contribution < 1.29 is 19.1 Å². The van der Waals surface area contributed by atoms with Crippen LogP contribution in [0.2, 0.25) is 0 Å². The highest BCUT2D eigenvalue weighted by atomic mass is 16.5. The van der Waals surface area contributed by atoms with Crippen molar-refractivity contribution in [2.45, 2.75) is 57.4 Å². The van der Waals surface area contributed by atoms with Crippen LogP contribution in [0, 0.1) is 11.8 Å². The van der Waals surface area contributed by atoms with E-state index in [1.165, 1.54) is 4.90 Å². The fourth-order valence-electron chi connectivity index (χ4n) is 5.47. The molecule has 3 amide bonds. The number of amides is 3. The molecule has 0 spiro atoms. The van der Waals surface area contributed by atoms with Gasteiger partial charge in [-0.25, -0.2) is 0 Å². The van der Waals surface area contributed by atoms with Gasteiger partial charge in [-0.05, 0) is 55.3 Å². The predicted octanol–water partition coefficient (Wildman–Crippen LogP) is 2.68. The summed E-state index contributed by atoms with van der Waals surface area (Å²) < 4.78 is 5.27. The van der Waals surface area contributed by atoms with E-state index in [-0.39, 0.29) is 36.6 Å². The summed E-state index contributed by atoms with van der Waals surface area (Å²) in [6, 6.07) is 7.25. The molecule has 2 atom stereocenters. The number of ether oxygens (including phenoxy) is 1. The van der Waals surface area contributed by atoms with Crippen molar-refractivity contribution in [3.05, 3.63) is 29.8 Å². The van der Waals surface area contributed by atoms with Crippen LogP contribution < -0.4 is 4.74 Å². The minimum absolute atomic E-state index is 0.00313. The van der Waals surface area contributed by atoms with Crippen molar-refractivity contribution in [3.8, 4) is 5.75 Å². The highest BCUT2D eigenvalue weighted by Crippen LogP contribution is 2.44. The third-order valence-electron chi connectivity index (χ3n) is 7.31. The molecule has 3 aliphatic rings. The number of nitrogens with zero attached hydrogens (tertiary/aromatic N) is 3. The number of carbonyl (C=O) groups excluding carboxylic acids is 3. The first kappa shape index (κ1) is 23.7. The van der Waals surface area contributed by atoms with Crippen LogP contribution in [0.15, 0.2) is 24.3 Å². The van der Waals surface area contributed by atoms with Crippen LogP contribution in [0.5, 0.6) is 5.75 Å². The van der Waals surface area contributed by atoms with E-state index in [0.717, 1.165) is 44.5 Å². The normalized spacial score (nSPS) is 25.8. The number of methoxy groups -OCH3 is 1. The Morgan fingerprint density at radius 3 is 2.48 bits per heavy atom. The lowest BCUT2D eigenvalue weighted by atomic mass is 9.75. The maximum atomic E-state index is 13.6. The Labute approximate surface area is 197 Å². The monoisotopic (exact) mass is 455 g/mol. The highest BCUT2D eigenvalue weighted by Gasteiger charge is 2.57. The van der Waals surface area contributed by atoms with Gasteiger partial charge in [0.2, 0.25) is 17.7 Å². The molecule has 4 rings (SSSR count). The Morgan fingerprint density at radius 2 is 1.88 bits per heavy atom. The van der Waals surface area contributed by atoms with Gasteiger partial charge in [0.1, 0.15) is 5.75 Å². The summed E-state index contributed by atoms with van der Waals surface area (Å²) in [4.78, 5) is 45.6. The standard InChI is InChI=1S/C26H37N3O4/c1-18(2)15-28-12-11-19(17-28)16-27(3)23(30)13-26(20-5-9-22(33-4)10-6-20)14-24(31)29(25(26)32)21-7-8-21/h5-6,9-10,18-19,21H,7-8,11-17H2,1-4H3/t19-,26+/m1/s1. The second kappa shape index (κ2) is 9.45. The molecule has 0 unspecified atom stereocenters. The van der Waals surface area contributed by atoms with Gasteiger partial charge in [-0.3, -0.25) is 19.3 Å². The van der Waals surface area contributed by atoms with Crippen LogP contribution >= 0.6 is 0 Å². The Kier molecular flexibility index (Phi) is 6.80. The molecular formula is C26H37N3O4. The van der Waals surface area contributed by atoms with Crippen molar-refractivity contribution in [1.82, 2.24) is 14.7 Å². The average molecular weight is 456 g/mol. The molecule has 7 heteroatoms. The van der Waals surface area contributed by atoms with E-state index in [2.05, 4.69) is 18.7 Å². The van der Waals surface area contributed by atoms with Gasteiger partial charge in [0.15, 0.2) is 0 Å². The van der Waals surface area contributed by atoms with Gasteiger partial charge in [0, 0.05) is 45.6 Å². The summed E-state index contributed by atoms with van der Waals surface area (Å²) in [5.41, 5.74) is -0.410. The van der Waals surface area contributed by atoms with E-state index in [1.807, 2.05) is 19.2 Å². The van der Waals surface area contributed by atoms with Crippen LogP contribution in [0.1, 0.15) is 51.5 Å². The lowest BCUT2D eigenvalue weighted by Crippen LogP contribution is -2.44. The van der Waals surface area contributed by atoms with E-state index in [9.17, 15) is 14.4 Å². The molecule has 1 saturated carbocycles. The zero-order valence-corrected chi connectivity index (χ0v) is 20.4. The van der Waals surface area contributed by atoms with Crippen molar-refractivity contribution in [2.75, 3.05) is 40.3 Å². The SMILES string of the molecule is COc1ccc([C@]2(CC(=O)N(C)C[C@H]3CCN(CC(C)C)C3)CC(=O)N(C3CC3)C2=O)cc1. The summed E-state index contributed by atoms with van der Waals surface area (Å²) in [5, 5.41) is 0. The topological polar surface area (TPSA) is 70.2 Å². The molecule has 1 aromatic carbocycles. The maximum absolute atomic E-state index is 13.6. The molecular weight excluding hydrogens is 418 g/mol. The van der Waals surface area contributed by atoms with E-state index in [0.29, 0.717) is 24.1 Å². The largest absolute Gasteiger partial charge is 0.497 e. The van der Waals surface area contributed by atoms with Crippen LogP contribution in [-0.2, 0) is 19.8 Å². The summed E-state index contributed by atoms with van der Waals surface area (Å²) in [5.74, 6) is 1.30. The first-order valence-electron chi connectivity index (χ1n) is 12.2. The van der Waals surface area contributed by atoms with Gasteiger partial charge in [-0.15, -0.1) is 0 Å². The summed E-state index contributed by atoms with van der Waals surface area (Å²) in [7, 11) is 3.42. The average Bonchev–Trinajstić information content (AvgIpc) is 3.46. The lowest BCUT2D eigenvalue weighted by Gasteiger charge is -2.30. The molecule has 0 aromatic heterocycles. The van der Waals surface area contributed by atoms with Crippen LogP contribution in [-0.4, -0.2) is 78.8 Å². The number of benzene rings is 1. The van der Waals surface area contributed by atoms with Crippen LogP contribution in [0.4, 0.5) is 0 Å². The first-order valence-corrected chi connectivity index (χ1v) is 12.2. The van der Waals surface area contributed by atoms with E-state index < -0.39 is 5.41 Å². The molecule has 0 N–H and O–H groups in total. The molecule has 2 heterocycles. The molecule has 180 valence electrons. The Morgan fingerprint density at radius 1 is 1.18 bits per heavy atom. The number of rotatable bonds is 9. The number of carbonyl (C=O) groups is 3. The Balaban J connectivity index is 1.50. The summed E-state index contributed by atoms with van der Waals surface area (Å²) >= 11 is 0. The molecule has 0 radical (unpaired) electrons. The minimum Gasteiger partial charge on any atom is -0.497 e. The first-order chi connectivity index (χ1) is 15.7. The molecule has 7 nitrogen and oxygen atoms in total. The van der Waals surface area contributed by atoms with Gasteiger partial charge in [0.25, 0.3) is 0 Å². The van der Waals surface area contributed by atoms with Crippen molar-refractivity contribution in [2.24, 2.45) is 11.8 Å². The maximum Gasteiger partial charge on any atom is 0.241 e. The minimum atomic E-state index is -1.13. The van der Waals surface area contributed by atoms with E-state index in [1.54, 1.807) is 24.1 Å². The van der Waals surface area contributed by atoms with E-state index in [4.69, 9.17) is 4.74 Å². The Bertz CT molecular complexity index is 895. The van der Waals surface area contributed by atoms with Gasteiger partial charge < -0.3 is 14.5 Å². The summed E-state index contributed by atoms with van der Waals surface area (Å²) in [6.45, 7) is 8.30. The van der Waals surface area contributed by atoms with E-state index >= 15 is 0 Å². The highest BCUT2D eigenvalue weighted by molar-refractivity contribution is 6.11. The molecule has 33 heavy (non-hydrogen) atoms.